The molecular formula is C18H24N4O2. The molecule has 1 aromatic heterocycles. The summed E-state index contributed by atoms with van der Waals surface area (Å²) in [6.45, 7) is 4.59. The van der Waals surface area contributed by atoms with Crippen molar-refractivity contribution in [1.29, 1.82) is 0 Å². The Morgan fingerprint density at radius 1 is 1.42 bits per heavy atom. The fourth-order valence-electron chi connectivity index (χ4n) is 2.85. The molecule has 0 spiro atoms. The molecule has 2 aromatic rings. The highest BCUT2D eigenvalue weighted by Crippen LogP contribution is 2.41. The van der Waals surface area contributed by atoms with Gasteiger partial charge in [-0.3, -0.25) is 4.68 Å². The van der Waals surface area contributed by atoms with Crippen LogP contribution in [0.2, 0.25) is 0 Å². The summed E-state index contributed by atoms with van der Waals surface area (Å²) >= 11 is 0. The van der Waals surface area contributed by atoms with Crippen LogP contribution in [-0.4, -0.2) is 28.5 Å². The molecule has 1 fully saturated rings. The van der Waals surface area contributed by atoms with Gasteiger partial charge in [0.15, 0.2) is 0 Å². The number of amides is 2. The number of nitrogens with one attached hydrogen (secondary N) is 2. The quantitative estimate of drug-likeness (QED) is 0.857. The van der Waals surface area contributed by atoms with Gasteiger partial charge < -0.3 is 15.4 Å². The third kappa shape index (κ3) is 3.88. The SMILES string of the molecule is CCOc1ccc([C@@H]2C[C@H]2NC(=O)NC(C)c2cnn(C)c2)cc1. The molecule has 3 rings (SSSR count). The van der Waals surface area contributed by atoms with E-state index in [1.807, 2.05) is 39.2 Å². The summed E-state index contributed by atoms with van der Waals surface area (Å²) in [5.41, 5.74) is 2.23. The first-order chi connectivity index (χ1) is 11.6. The van der Waals surface area contributed by atoms with E-state index in [4.69, 9.17) is 4.74 Å². The molecule has 24 heavy (non-hydrogen) atoms. The average Bonchev–Trinajstić information content (AvgIpc) is 3.17. The van der Waals surface area contributed by atoms with E-state index < -0.39 is 0 Å². The second-order valence-electron chi connectivity index (χ2n) is 6.24. The lowest BCUT2D eigenvalue weighted by molar-refractivity contribution is 0.237. The van der Waals surface area contributed by atoms with Crippen molar-refractivity contribution >= 4 is 6.03 Å². The number of rotatable bonds is 6. The van der Waals surface area contributed by atoms with E-state index in [1.165, 1.54) is 5.56 Å². The zero-order chi connectivity index (χ0) is 17.1. The number of carbonyl (C=O) groups excluding carboxylic acids is 1. The maximum Gasteiger partial charge on any atom is 0.315 e. The van der Waals surface area contributed by atoms with Gasteiger partial charge in [0.25, 0.3) is 0 Å². The number of urea groups is 1. The first-order valence-electron chi connectivity index (χ1n) is 8.35. The summed E-state index contributed by atoms with van der Waals surface area (Å²) in [6, 6.07) is 8.12. The van der Waals surface area contributed by atoms with Crippen LogP contribution < -0.4 is 15.4 Å². The fourth-order valence-corrected chi connectivity index (χ4v) is 2.85. The van der Waals surface area contributed by atoms with Crippen molar-refractivity contribution < 1.29 is 9.53 Å². The van der Waals surface area contributed by atoms with E-state index in [1.54, 1.807) is 10.9 Å². The van der Waals surface area contributed by atoms with Crippen molar-refractivity contribution in [3.63, 3.8) is 0 Å². The minimum atomic E-state index is -0.134. The molecule has 2 N–H and O–H groups in total. The molecular weight excluding hydrogens is 304 g/mol. The molecule has 0 saturated heterocycles. The molecule has 1 unspecified atom stereocenters. The molecule has 0 radical (unpaired) electrons. The van der Waals surface area contributed by atoms with E-state index in [-0.39, 0.29) is 18.1 Å². The third-order valence-electron chi connectivity index (χ3n) is 4.30. The number of aromatic nitrogens is 2. The molecule has 2 amide bonds. The van der Waals surface area contributed by atoms with E-state index in [9.17, 15) is 4.79 Å². The van der Waals surface area contributed by atoms with Gasteiger partial charge in [0.2, 0.25) is 0 Å². The molecule has 6 nitrogen and oxygen atoms in total. The van der Waals surface area contributed by atoms with E-state index in [0.29, 0.717) is 12.5 Å². The van der Waals surface area contributed by atoms with Gasteiger partial charge in [0, 0.05) is 30.8 Å². The lowest BCUT2D eigenvalue weighted by atomic mass is 10.1. The third-order valence-corrected chi connectivity index (χ3v) is 4.30. The zero-order valence-electron chi connectivity index (χ0n) is 14.3. The second kappa shape index (κ2) is 6.95. The maximum atomic E-state index is 12.1. The first-order valence-corrected chi connectivity index (χ1v) is 8.35. The first kappa shape index (κ1) is 16.4. The van der Waals surface area contributed by atoms with Gasteiger partial charge >= 0.3 is 6.03 Å². The maximum absolute atomic E-state index is 12.1. The van der Waals surface area contributed by atoms with Crippen LogP contribution in [0.25, 0.3) is 0 Å². The Morgan fingerprint density at radius 2 is 2.17 bits per heavy atom. The van der Waals surface area contributed by atoms with Crippen LogP contribution in [0.5, 0.6) is 5.75 Å². The van der Waals surface area contributed by atoms with Crippen LogP contribution in [0.4, 0.5) is 4.79 Å². The van der Waals surface area contributed by atoms with Crippen molar-refractivity contribution in [2.24, 2.45) is 7.05 Å². The van der Waals surface area contributed by atoms with Gasteiger partial charge in [-0.25, -0.2) is 4.79 Å². The minimum Gasteiger partial charge on any atom is -0.494 e. The van der Waals surface area contributed by atoms with Crippen molar-refractivity contribution in [3.05, 3.63) is 47.8 Å². The summed E-state index contributed by atoms with van der Waals surface area (Å²) in [5.74, 6) is 1.27. The summed E-state index contributed by atoms with van der Waals surface area (Å²) in [4.78, 5) is 12.1. The Labute approximate surface area is 142 Å². The Morgan fingerprint density at radius 3 is 2.79 bits per heavy atom. The fraction of sp³-hybridized carbons (Fsp3) is 0.444. The molecule has 0 bridgehead atoms. The monoisotopic (exact) mass is 328 g/mol. The van der Waals surface area contributed by atoms with Crippen LogP contribution in [-0.2, 0) is 7.05 Å². The number of ether oxygens (including phenoxy) is 1. The van der Waals surface area contributed by atoms with Crippen molar-refractivity contribution in [2.75, 3.05) is 6.61 Å². The predicted molar refractivity (Wildman–Crippen MR) is 92.0 cm³/mol. The lowest BCUT2D eigenvalue weighted by Crippen LogP contribution is -2.38. The Kier molecular flexibility index (Phi) is 4.74. The number of hydrogen-bond donors (Lipinski definition) is 2. The smallest absolute Gasteiger partial charge is 0.315 e. The summed E-state index contributed by atoms with van der Waals surface area (Å²) in [5, 5.41) is 10.1. The molecule has 1 aliphatic rings. The largest absolute Gasteiger partial charge is 0.494 e. The molecule has 1 heterocycles. The second-order valence-corrected chi connectivity index (χ2v) is 6.24. The van der Waals surface area contributed by atoms with Crippen LogP contribution >= 0.6 is 0 Å². The molecule has 1 saturated carbocycles. The highest BCUT2D eigenvalue weighted by molar-refractivity contribution is 5.75. The van der Waals surface area contributed by atoms with Crippen LogP contribution in [0, 0.1) is 0 Å². The van der Waals surface area contributed by atoms with Crippen LogP contribution in [0.15, 0.2) is 36.7 Å². The lowest BCUT2D eigenvalue weighted by Gasteiger charge is -2.13. The van der Waals surface area contributed by atoms with Gasteiger partial charge in [-0.05, 0) is 38.0 Å². The topological polar surface area (TPSA) is 68.2 Å². The summed E-state index contributed by atoms with van der Waals surface area (Å²) < 4.78 is 7.18. The van der Waals surface area contributed by atoms with Crippen LogP contribution in [0.1, 0.15) is 43.4 Å². The number of aryl methyl sites for hydroxylation is 1. The Bertz CT molecular complexity index is 695. The van der Waals surface area contributed by atoms with E-state index in [0.717, 1.165) is 17.7 Å². The highest BCUT2D eigenvalue weighted by atomic mass is 16.5. The molecule has 6 heteroatoms. The van der Waals surface area contributed by atoms with E-state index >= 15 is 0 Å². The van der Waals surface area contributed by atoms with Gasteiger partial charge in [0.05, 0.1) is 18.8 Å². The van der Waals surface area contributed by atoms with Gasteiger partial charge in [-0.15, -0.1) is 0 Å². The van der Waals surface area contributed by atoms with Gasteiger partial charge in [-0.1, -0.05) is 12.1 Å². The summed E-state index contributed by atoms with van der Waals surface area (Å²) in [7, 11) is 1.86. The van der Waals surface area contributed by atoms with Gasteiger partial charge in [0.1, 0.15) is 5.75 Å². The molecule has 1 aromatic carbocycles. The van der Waals surface area contributed by atoms with Gasteiger partial charge in [-0.2, -0.15) is 5.10 Å². The Hall–Kier alpha value is -2.50. The molecule has 3 atom stereocenters. The number of carbonyl (C=O) groups is 1. The highest BCUT2D eigenvalue weighted by Gasteiger charge is 2.39. The molecule has 128 valence electrons. The molecule has 0 aliphatic heterocycles. The van der Waals surface area contributed by atoms with E-state index in [2.05, 4.69) is 27.9 Å². The van der Waals surface area contributed by atoms with Crippen molar-refractivity contribution in [1.82, 2.24) is 20.4 Å². The van der Waals surface area contributed by atoms with Crippen molar-refractivity contribution in [2.45, 2.75) is 38.3 Å². The number of benzene rings is 1. The van der Waals surface area contributed by atoms with Crippen LogP contribution in [0.3, 0.4) is 0 Å². The normalized spacial score (nSPS) is 20.3. The zero-order valence-corrected chi connectivity index (χ0v) is 14.3. The molecule has 1 aliphatic carbocycles. The number of hydrogen-bond acceptors (Lipinski definition) is 3. The van der Waals surface area contributed by atoms with Crippen molar-refractivity contribution in [3.8, 4) is 5.75 Å². The summed E-state index contributed by atoms with van der Waals surface area (Å²) in [6.07, 6.45) is 4.65. The average molecular weight is 328 g/mol. The standard InChI is InChI=1S/C18H24N4O2/c1-4-24-15-7-5-13(6-8-15)16-9-17(16)21-18(23)20-12(2)14-10-19-22(3)11-14/h5-8,10-12,16-17H,4,9H2,1-3H3,(H2,20,21,23)/t12?,16-,17+/m0/s1. The predicted octanol–water partition coefficient (Wildman–Crippen LogP) is 2.74. The minimum absolute atomic E-state index is 0.0682. The number of nitrogens with zero attached hydrogens (tertiary/aromatic N) is 2. The Balaban J connectivity index is 1.48.